The minimum atomic E-state index is 0.117. The summed E-state index contributed by atoms with van der Waals surface area (Å²) in [5, 5.41) is 3.89. The first-order valence-electron chi connectivity index (χ1n) is 10.1. The van der Waals surface area contributed by atoms with Gasteiger partial charge in [0.25, 0.3) is 0 Å². The second-order valence-electron chi connectivity index (χ2n) is 7.85. The zero-order chi connectivity index (χ0) is 19.3. The lowest BCUT2D eigenvalue weighted by Crippen LogP contribution is -2.36. The average Bonchev–Trinajstić information content (AvgIpc) is 3.14. The number of rotatable bonds is 6. The summed E-state index contributed by atoms with van der Waals surface area (Å²) in [4.78, 5) is 2.54. The summed E-state index contributed by atoms with van der Waals surface area (Å²) in [6.07, 6.45) is 1.15. The largest absolute Gasteiger partial charge is 0.398 e. The molecule has 144 valence electrons. The lowest BCUT2D eigenvalue weighted by molar-refractivity contribution is 0.317. The lowest BCUT2D eigenvalue weighted by Gasteiger charge is -2.25. The summed E-state index contributed by atoms with van der Waals surface area (Å²) in [6, 6.07) is 28.2. The third kappa shape index (κ3) is 4.44. The molecule has 1 saturated heterocycles. The Bertz CT molecular complexity index is 906. The molecule has 1 aliphatic rings. The van der Waals surface area contributed by atoms with Crippen molar-refractivity contribution in [1.29, 1.82) is 0 Å². The Morgan fingerprint density at radius 1 is 1.00 bits per heavy atom. The lowest BCUT2D eigenvalue weighted by atomic mass is 9.96. The summed E-state index contributed by atoms with van der Waals surface area (Å²) in [6.45, 7) is 5.36. The standard InChI is InChI=1S/C25H29N3/c1-19-8-7-9-20(16-19)17-28-15-14-22(18-28)27-25(21-10-3-2-4-11-21)23-12-5-6-13-24(23)26/h2-13,16,22,25,27H,14-15,17-18,26H2,1H3. The van der Waals surface area contributed by atoms with E-state index in [0.717, 1.165) is 37.3 Å². The first-order valence-corrected chi connectivity index (χ1v) is 10.1. The molecule has 0 bridgehead atoms. The predicted octanol–water partition coefficient (Wildman–Crippen LogP) is 4.53. The number of likely N-dealkylation sites (tertiary alicyclic amines) is 1. The minimum absolute atomic E-state index is 0.117. The van der Waals surface area contributed by atoms with E-state index < -0.39 is 0 Å². The van der Waals surface area contributed by atoms with Crippen LogP contribution in [0, 0.1) is 6.92 Å². The van der Waals surface area contributed by atoms with E-state index in [4.69, 9.17) is 5.73 Å². The molecule has 1 aliphatic heterocycles. The normalized spacial score (nSPS) is 18.2. The van der Waals surface area contributed by atoms with Crippen molar-refractivity contribution in [2.24, 2.45) is 0 Å². The molecule has 0 radical (unpaired) electrons. The number of aryl methyl sites for hydroxylation is 1. The van der Waals surface area contributed by atoms with Gasteiger partial charge in [0.1, 0.15) is 0 Å². The van der Waals surface area contributed by atoms with Crippen molar-refractivity contribution < 1.29 is 0 Å². The van der Waals surface area contributed by atoms with Crippen LogP contribution in [0.2, 0.25) is 0 Å². The molecule has 1 fully saturated rings. The van der Waals surface area contributed by atoms with Gasteiger partial charge >= 0.3 is 0 Å². The zero-order valence-electron chi connectivity index (χ0n) is 16.5. The highest BCUT2D eigenvalue weighted by Gasteiger charge is 2.26. The molecule has 0 aromatic heterocycles. The highest BCUT2D eigenvalue weighted by molar-refractivity contribution is 5.51. The molecule has 28 heavy (non-hydrogen) atoms. The molecule has 1 heterocycles. The van der Waals surface area contributed by atoms with Crippen LogP contribution in [0.5, 0.6) is 0 Å². The van der Waals surface area contributed by atoms with Crippen LogP contribution in [0.4, 0.5) is 5.69 Å². The molecule has 0 saturated carbocycles. The van der Waals surface area contributed by atoms with E-state index >= 15 is 0 Å². The highest BCUT2D eigenvalue weighted by atomic mass is 15.2. The number of nitrogen functional groups attached to an aromatic ring is 1. The first kappa shape index (κ1) is 18.7. The minimum Gasteiger partial charge on any atom is -0.398 e. The maximum Gasteiger partial charge on any atom is 0.0599 e. The first-order chi connectivity index (χ1) is 13.7. The van der Waals surface area contributed by atoms with Gasteiger partial charge in [-0.1, -0.05) is 78.4 Å². The van der Waals surface area contributed by atoms with Crippen molar-refractivity contribution >= 4 is 5.69 Å². The number of hydrogen-bond donors (Lipinski definition) is 2. The van der Waals surface area contributed by atoms with E-state index in [-0.39, 0.29) is 6.04 Å². The Kier molecular flexibility index (Phi) is 5.75. The molecule has 0 amide bonds. The van der Waals surface area contributed by atoms with Crippen molar-refractivity contribution in [2.75, 3.05) is 18.8 Å². The van der Waals surface area contributed by atoms with Gasteiger partial charge in [0.15, 0.2) is 0 Å². The molecule has 0 aliphatic carbocycles. The van der Waals surface area contributed by atoms with Crippen LogP contribution >= 0.6 is 0 Å². The summed E-state index contributed by atoms with van der Waals surface area (Å²) in [5.74, 6) is 0. The molecule has 3 nitrogen and oxygen atoms in total. The van der Waals surface area contributed by atoms with E-state index in [2.05, 4.69) is 83.9 Å². The molecule has 3 heteroatoms. The second kappa shape index (κ2) is 8.59. The molecule has 3 N–H and O–H groups in total. The summed E-state index contributed by atoms with van der Waals surface area (Å²) in [7, 11) is 0. The number of benzene rings is 3. The predicted molar refractivity (Wildman–Crippen MR) is 117 cm³/mol. The number of nitrogens with zero attached hydrogens (tertiary/aromatic N) is 1. The van der Waals surface area contributed by atoms with Crippen LogP contribution in [0.15, 0.2) is 78.9 Å². The monoisotopic (exact) mass is 371 g/mol. The molecule has 3 aromatic rings. The van der Waals surface area contributed by atoms with Gasteiger partial charge in [-0.25, -0.2) is 0 Å². The maximum atomic E-state index is 6.33. The van der Waals surface area contributed by atoms with Crippen LogP contribution < -0.4 is 11.1 Å². The van der Waals surface area contributed by atoms with E-state index in [1.54, 1.807) is 0 Å². The number of nitrogens with one attached hydrogen (secondary N) is 1. The Balaban J connectivity index is 1.48. The summed E-state index contributed by atoms with van der Waals surface area (Å²) < 4.78 is 0. The van der Waals surface area contributed by atoms with E-state index in [0.29, 0.717) is 6.04 Å². The van der Waals surface area contributed by atoms with Crippen molar-refractivity contribution in [2.45, 2.75) is 32.0 Å². The smallest absolute Gasteiger partial charge is 0.0599 e. The third-order valence-electron chi connectivity index (χ3n) is 5.60. The van der Waals surface area contributed by atoms with Gasteiger partial charge < -0.3 is 11.1 Å². The summed E-state index contributed by atoms with van der Waals surface area (Å²) >= 11 is 0. The van der Waals surface area contributed by atoms with Crippen LogP contribution in [-0.4, -0.2) is 24.0 Å². The van der Waals surface area contributed by atoms with Crippen LogP contribution in [0.1, 0.15) is 34.7 Å². The van der Waals surface area contributed by atoms with Gasteiger partial charge in [-0.3, -0.25) is 4.90 Å². The van der Waals surface area contributed by atoms with Crippen molar-refractivity contribution in [3.8, 4) is 0 Å². The molecule has 2 unspecified atom stereocenters. The number of nitrogens with two attached hydrogens (primary N) is 1. The van der Waals surface area contributed by atoms with E-state index in [1.807, 2.05) is 12.1 Å². The fraction of sp³-hybridized carbons (Fsp3) is 0.280. The van der Waals surface area contributed by atoms with Crippen molar-refractivity contribution in [3.05, 3.63) is 101 Å². The Morgan fingerprint density at radius 3 is 2.57 bits per heavy atom. The average molecular weight is 372 g/mol. The van der Waals surface area contributed by atoms with Gasteiger partial charge in [0.2, 0.25) is 0 Å². The maximum absolute atomic E-state index is 6.33. The van der Waals surface area contributed by atoms with E-state index in [9.17, 15) is 0 Å². The molecule has 0 spiro atoms. The van der Waals surface area contributed by atoms with E-state index in [1.165, 1.54) is 16.7 Å². The third-order valence-corrected chi connectivity index (χ3v) is 5.60. The number of hydrogen-bond acceptors (Lipinski definition) is 3. The van der Waals surface area contributed by atoms with Gasteiger partial charge in [0.05, 0.1) is 6.04 Å². The van der Waals surface area contributed by atoms with Gasteiger partial charge in [-0.2, -0.15) is 0 Å². The Morgan fingerprint density at radius 2 is 1.79 bits per heavy atom. The van der Waals surface area contributed by atoms with Crippen LogP contribution in [0.3, 0.4) is 0 Å². The summed E-state index contributed by atoms with van der Waals surface area (Å²) in [5.41, 5.74) is 12.3. The molecule has 3 aromatic carbocycles. The second-order valence-corrected chi connectivity index (χ2v) is 7.85. The van der Waals surface area contributed by atoms with Crippen LogP contribution in [-0.2, 0) is 6.54 Å². The highest BCUT2D eigenvalue weighted by Crippen LogP contribution is 2.28. The zero-order valence-corrected chi connectivity index (χ0v) is 16.5. The quantitative estimate of drug-likeness (QED) is 0.626. The fourth-order valence-corrected chi connectivity index (χ4v) is 4.20. The SMILES string of the molecule is Cc1cccc(CN2CCC(NC(c3ccccc3)c3ccccc3N)C2)c1. The van der Waals surface area contributed by atoms with Crippen molar-refractivity contribution in [3.63, 3.8) is 0 Å². The molecule has 4 rings (SSSR count). The number of para-hydroxylation sites is 1. The molecule has 2 atom stereocenters. The van der Waals surface area contributed by atoms with Crippen LogP contribution in [0.25, 0.3) is 0 Å². The van der Waals surface area contributed by atoms with Gasteiger partial charge in [-0.15, -0.1) is 0 Å². The number of anilines is 1. The molecular weight excluding hydrogens is 342 g/mol. The Hall–Kier alpha value is -2.62. The van der Waals surface area contributed by atoms with Gasteiger partial charge in [-0.05, 0) is 36.1 Å². The van der Waals surface area contributed by atoms with Crippen molar-refractivity contribution in [1.82, 2.24) is 10.2 Å². The van der Waals surface area contributed by atoms with Gasteiger partial charge in [0, 0.05) is 31.4 Å². The topological polar surface area (TPSA) is 41.3 Å². The Labute approximate surface area is 168 Å². The fourth-order valence-electron chi connectivity index (χ4n) is 4.20. The molecular formula is C25H29N3.